The van der Waals surface area contributed by atoms with Crippen molar-refractivity contribution in [3.63, 3.8) is 0 Å². The molecule has 2 aromatic heterocycles. The lowest BCUT2D eigenvalue weighted by molar-refractivity contribution is 0.262. The highest BCUT2D eigenvalue weighted by Gasteiger charge is 2.15. The van der Waals surface area contributed by atoms with Crippen LogP contribution in [0.1, 0.15) is 6.92 Å². The van der Waals surface area contributed by atoms with E-state index in [1.54, 1.807) is 37.3 Å². The number of amides is 2. The molecule has 4 aromatic rings. The fourth-order valence-electron chi connectivity index (χ4n) is 3.33. The van der Waals surface area contributed by atoms with Gasteiger partial charge in [-0.3, -0.25) is 9.78 Å². The second-order valence-electron chi connectivity index (χ2n) is 7.37. The van der Waals surface area contributed by atoms with Crippen LogP contribution in [0.15, 0.2) is 65.7 Å². The first-order valence-electron chi connectivity index (χ1n) is 10.3. The van der Waals surface area contributed by atoms with E-state index < -0.39 is 23.2 Å². The van der Waals surface area contributed by atoms with Crippen LogP contribution >= 0.6 is 23.2 Å². The Kier molecular flexibility index (Phi) is 6.99. The monoisotopic (exact) mass is 513 g/mol. The number of pyridine rings is 1. The predicted octanol–water partition coefficient (Wildman–Crippen LogP) is 5.79. The lowest BCUT2D eigenvalue weighted by Crippen LogP contribution is -2.29. The number of aromatic nitrogens is 3. The van der Waals surface area contributed by atoms with E-state index in [2.05, 4.69) is 20.7 Å². The van der Waals surface area contributed by atoms with Gasteiger partial charge in [-0.05, 0) is 42.3 Å². The summed E-state index contributed by atoms with van der Waals surface area (Å²) in [6.07, 6.45) is 2.65. The Morgan fingerprint density at radius 2 is 1.71 bits per heavy atom. The average Bonchev–Trinajstić information content (AvgIpc) is 2.84. The summed E-state index contributed by atoms with van der Waals surface area (Å²) >= 11 is 12.1. The third-order valence-corrected chi connectivity index (χ3v) is 5.63. The standard InChI is InChI=1S/C24H18Cl2FN5O3/c1-2-32-23(34)20(29-24(35)30-22-16(25)11-28-12-17(22)26)10-19(31-32)15-5-3-4-13(8-15)14-6-7-21(33)18(27)9-14/h3-12,33H,2H2,1H3,(H2,28,29,30,35). The minimum Gasteiger partial charge on any atom is -0.505 e. The predicted molar refractivity (Wildman–Crippen MR) is 134 cm³/mol. The molecular weight excluding hydrogens is 496 g/mol. The molecule has 0 unspecified atom stereocenters. The summed E-state index contributed by atoms with van der Waals surface area (Å²) in [4.78, 5) is 29.2. The molecule has 3 N–H and O–H groups in total. The van der Waals surface area contributed by atoms with Gasteiger partial charge in [0.15, 0.2) is 11.6 Å². The number of nitrogens with zero attached hydrogens (tertiary/aromatic N) is 3. The molecule has 0 spiro atoms. The molecule has 178 valence electrons. The van der Waals surface area contributed by atoms with Crippen LogP contribution < -0.4 is 16.2 Å². The molecule has 2 heterocycles. The van der Waals surface area contributed by atoms with Crippen LogP contribution in [0.25, 0.3) is 22.4 Å². The molecule has 0 atom stereocenters. The third kappa shape index (κ3) is 5.26. The fraction of sp³-hybridized carbons (Fsp3) is 0.0833. The van der Waals surface area contributed by atoms with Crippen molar-refractivity contribution in [1.29, 1.82) is 0 Å². The zero-order valence-corrected chi connectivity index (χ0v) is 19.7. The highest BCUT2D eigenvalue weighted by molar-refractivity contribution is 6.39. The molecule has 0 fully saturated rings. The van der Waals surface area contributed by atoms with Crippen molar-refractivity contribution in [2.75, 3.05) is 10.6 Å². The van der Waals surface area contributed by atoms with Crippen LogP contribution in [0.5, 0.6) is 5.75 Å². The second-order valence-corrected chi connectivity index (χ2v) is 8.18. The molecule has 0 aliphatic rings. The van der Waals surface area contributed by atoms with E-state index in [9.17, 15) is 19.1 Å². The lowest BCUT2D eigenvalue weighted by Gasteiger charge is -2.13. The number of aromatic hydroxyl groups is 1. The first kappa shape index (κ1) is 24.2. The molecule has 0 bridgehead atoms. The van der Waals surface area contributed by atoms with E-state index in [0.29, 0.717) is 22.4 Å². The number of nitrogens with one attached hydrogen (secondary N) is 2. The number of hydrogen-bond acceptors (Lipinski definition) is 5. The van der Waals surface area contributed by atoms with E-state index in [1.807, 2.05) is 0 Å². The SMILES string of the molecule is CCn1nc(-c2cccc(-c3ccc(O)c(F)c3)c2)cc(NC(=O)Nc2c(Cl)cncc2Cl)c1=O. The highest BCUT2D eigenvalue weighted by Crippen LogP contribution is 2.30. The summed E-state index contributed by atoms with van der Waals surface area (Å²) in [6.45, 7) is 2.00. The van der Waals surface area contributed by atoms with Gasteiger partial charge in [0.05, 0.1) is 21.4 Å². The van der Waals surface area contributed by atoms with Gasteiger partial charge >= 0.3 is 6.03 Å². The molecule has 8 nitrogen and oxygen atoms in total. The van der Waals surface area contributed by atoms with E-state index in [-0.39, 0.29) is 28.0 Å². The molecule has 35 heavy (non-hydrogen) atoms. The van der Waals surface area contributed by atoms with E-state index >= 15 is 0 Å². The summed E-state index contributed by atoms with van der Waals surface area (Å²) in [5.74, 6) is -1.18. The fourth-order valence-corrected chi connectivity index (χ4v) is 3.79. The van der Waals surface area contributed by atoms with Gasteiger partial charge in [0, 0.05) is 24.5 Å². The molecule has 0 saturated carbocycles. The lowest BCUT2D eigenvalue weighted by atomic mass is 10.0. The number of hydrogen-bond donors (Lipinski definition) is 3. The van der Waals surface area contributed by atoms with Crippen LogP contribution in [0.3, 0.4) is 0 Å². The van der Waals surface area contributed by atoms with Gasteiger partial charge in [0.2, 0.25) is 0 Å². The molecule has 4 rings (SSSR count). The molecule has 0 aliphatic carbocycles. The van der Waals surface area contributed by atoms with Crippen molar-refractivity contribution < 1.29 is 14.3 Å². The van der Waals surface area contributed by atoms with E-state index in [1.165, 1.54) is 35.3 Å². The smallest absolute Gasteiger partial charge is 0.323 e. The number of phenolic OH excluding ortho intramolecular Hbond substituents is 1. The summed E-state index contributed by atoms with van der Waals surface area (Å²) in [7, 11) is 0. The maximum Gasteiger partial charge on any atom is 0.323 e. The van der Waals surface area contributed by atoms with Crippen LogP contribution in [-0.4, -0.2) is 25.9 Å². The molecule has 0 radical (unpaired) electrons. The van der Waals surface area contributed by atoms with Crippen molar-refractivity contribution in [2.24, 2.45) is 0 Å². The van der Waals surface area contributed by atoms with Crippen molar-refractivity contribution >= 4 is 40.6 Å². The summed E-state index contributed by atoms with van der Waals surface area (Å²) in [6, 6.07) is 11.9. The third-order valence-electron chi connectivity index (χ3n) is 5.05. The Morgan fingerprint density at radius 3 is 2.40 bits per heavy atom. The normalized spacial score (nSPS) is 10.7. The Labute approximate surface area is 209 Å². The van der Waals surface area contributed by atoms with Gasteiger partial charge in [-0.2, -0.15) is 5.10 Å². The van der Waals surface area contributed by atoms with Gasteiger partial charge in [0.25, 0.3) is 5.56 Å². The van der Waals surface area contributed by atoms with Gasteiger partial charge < -0.3 is 15.7 Å². The molecule has 2 amide bonds. The molecule has 11 heteroatoms. The first-order chi connectivity index (χ1) is 16.8. The van der Waals surface area contributed by atoms with Gasteiger partial charge in [-0.1, -0.05) is 47.5 Å². The second kappa shape index (κ2) is 10.1. The minimum absolute atomic E-state index is 0.0169. The van der Waals surface area contributed by atoms with Crippen LogP contribution in [-0.2, 0) is 6.54 Å². The maximum absolute atomic E-state index is 13.8. The zero-order valence-electron chi connectivity index (χ0n) is 18.2. The summed E-state index contributed by atoms with van der Waals surface area (Å²) < 4.78 is 15.1. The number of anilines is 2. The van der Waals surface area contributed by atoms with Crippen molar-refractivity contribution in [3.8, 4) is 28.1 Å². The Bertz CT molecular complexity index is 1470. The Balaban J connectivity index is 1.68. The molecule has 2 aromatic carbocycles. The van der Waals surface area contributed by atoms with Crippen LogP contribution in [0, 0.1) is 5.82 Å². The van der Waals surface area contributed by atoms with E-state index in [4.69, 9.17) is 23.2 Å². The largest absolute Gasteiger partial charge is 0.505 e. The zero-order chi connectivity index (χ0) is 25.1. The average molecular weight is 514 g/mol. The Hall–Kier alpha value is -3.95. The molecule has 0 saturated heterocycles. The first-order valence-corrected chi connectivity index (χ1v) is 11.1. The highest BCUT2D eigenvalue weighted by atomic mass is 35.5. The number of urea groups is 1. The van der Waals surface area contributed by atoms with Gasteiger partial charge in [0.1, 0.15) is 5.69 Å². The van der Waals surface area contributed by atoms with Crippen molar-refractivity contribution in [3.05, 3.63) is 87.1 Å². The molecular formula is C24H18Cl2FN5O3. The van der Waals surface area contributed by atoms with Crippen LogP contribution in [0.4, 0.5) is 20.6 Å². The maximum atomic E-state index is 13.8. The number of carbonyl (C=O) groups excluding carboxylic acids is 1. The molecule has 0 aliphatic heterocycles. The van der Waals surface area contributed by atoms with Crippen molar-refractivity contribution in [2.45, 2.75) is 13.5 Å². The van der Waals surface area contributed by atoms with Crippen molar-refractivity contribution in [1.82, 2.24) is 14.8 Å². The van der Waals surface area contributed by atoms with Crippen LogP contribution in [0.2, 0.25) is 10.0 Å². The quantitative estimate of drug-likeness (QED) is 0.313. The number of benzene rings is 2. The number of phenols is 1. The van der Waals surface area contributed by atoms with E-state index in [0.717, 1.165) is 0 Å². The Morgan fingerprint density at radius 1 is 1.03 bits per heavy atom. The number of carbonyl (C=O) groups is 1. The topological polar surface area (TPSA) is 109 Å². The summed E-state index contributed by atoms with van der Waals surface area (Å²) in [5, 5.41) is 19.1. The minimum atomic E-state index is -0.738. The van der Waals surface area contributed by atoms with Gasteiger partial charge in [-0.25, -0.2) is 13.9 Å². The number of rotatable bonds is 5. The number of aryl methyl sites for hydroxylation is 1. The number of halogens is 3. The van der Waals surface area contributed by atoms with Gasteiger partial charge in [-0.15, -0.1) is 0 Å². The summed E-state index contributed by atoms with van der Waals surface area (Å²) in [5.41, 5.74) is 1.89.